The van der Waals surface area contributed by atoms with Crippen LogP contribution in [0.5, 0.6) is 0 Å². The molecule has 0 aromatic carbocycles. The minimum atomic E-state index is -0.00185. The Balaban J connectivity index is 0.000000980. The first-order chi connectivity index (χ1) is 6.20. The molecular weight excluding hydrogens is 164 g/mol. The van der Waals surface area contributed by atoms with Gasteiger partial charge in [0, 0.05) is 7.62 Å². The third kappa shape index (κ3) is 1.20. The third-order valence-electron chi connectivity index (χ3n) is 2.40. The summed E-state index contributed by atoms with van der Waals surface area (Å²) in [6.07, 6.45) is 3.43. The van der Waals surface area contributed by atoms with Gasteiger partial charge >= 0.3 is 0 Å². The second-order valence-corrected chi connectivity index (χ2v) is 3.67. The molecule has 0 spiro atoms. The van der Waals surface area contributed by atoms with Crippen LogP contribution in [0.15, 0.2) is 18.5 Å². The first kappa shape index (κ1) is 8.23. The molecule has 1 N–H and O–H groups in total. The Kier molecular flexibility index (Phi) is 1.79. The van der Waals surface area contributed by atoms with Gasteiger partial charge in [-0.3, -0.25) is 9.78 Å². The fourth-order valence-corrected chi connectivity index (χ4v) is 1.79. The van der Waals surface area contributed by atoms with Gasteiger partial charge in [0.25, 0.3) is 0 Å². The molecule has 1 amide bonds. The predicted molar refractivity (Wildman–Crippen MR) is 52.6 cm³/mol. The number of aromatic nitrogens is 1. The van der Waals surface area contributed by atoms with Crippen molar-refractivity contribution in [2.45, 2.75) is 19.8 Å². The van der Waals surface area contributed by atoms with Crippen LogP contribution in [0.3, 0.4) is 0 Å². The average molecular weight is 178 g/mol. The van der Waals surface area contributed by atoms with Gasteiger partial charge in [-0.1, -0.05) is 13.8 Å². The minimum Gasteiger partial charge on any atom is -0.324 e. The first-order valence-electron chi connectivity index (χ1n) is 4.45. The molecule has 0 saturated carbocycles. The lowest BCUT2D eigenvalue weighted by molar-refractivity contribution is -0.117. The third-order valence-corrected chi connectivity index (χ3v) is 2.40. The normalized spacial score (nSPS) is 20.2. The molecule has 70 valence electrons. The molecular formula is C10H14N2O. The van der Waals surface area contributed by atoms with Crippen molar-refractivity contribution in [2.75, 3.05) is 5.32 Å². The number of nitrogens with one attached hydrogen (secondary N) is 1. The second kappa shape index (κ2) is 2.83. The average Bonchev–Trinajstić information content (AvgIpc) is 2.39. The molecule has 1 aromatic rings. The highest BCUT2D eigenvalue weighted by Crippen LogP contribution is 2.35. The lowest BCUT2D eigenvalue weighted by atomic mass is 9.90. The maximum atomic E-state index is 11.5. The molecule has 0 bridgehead atoms. The van der Waals surface area contributed by atoms with E-state index in [1.54, 1.807) is 12.4 Å². The number of nitrogens with zero attached hydrogens (tertiary/aromatic N) is 1. The van der Waals surface area contributed by atoms with Gasteiger partial charge in [-0.25, -0.2) is 0 Å². The van der Waals surface area contributed by atoms with E-state index in [2.05, 4.69) is 24.1 Å². The van der Waals surface area contributed by atoms with Gasteiger partial charge < -0.3 is 5.32 Å². The summed E-state index contributed by atoms with van der Waals surface area (Å²) in [5, 5.41) is 2.83. The molecule has 1 aliphatic rings. The molecule has 0 fully saturated rings. The van der Waals surface area contributed by atoms with E-state index in [0.717, 1.165) is 11.3 Å². The minimum absolute atomic E-state index is 0. The number of amides is 1. The summed E-state index contributed by atoms with van der Waals surface area (Å²) in [6.45, 7) is 4.11. The van der Waals surface area contributed by atoms with Crippen molar-refractivity contribution in [3.63, 3.8) is 0 Å². The smallest absolute Gasteiger partial charge is 0.232 e. The summed E-state index contributed by atoms with van der Waals surface area (Å²) >= 11 is 0. The molecule has 2 rings (SSSR count). The predicted octanol–water partition coefficient (Wildman–Crippen LogP) is 2.02. The van der Waals surface area contributed by atoms with Gasteiger partial charge in [0.1, 0.15) is 0 Å². The molecule has 3 nitrogen and oxygen atoms in total. The monoisotopic (exact) mass is 178 g/mol. The van der Waals surface area contributed by atoms with E-state index in [1.165, 1.54) is 0 Å². The zero-order valence-electron chi connectivity index (χ0n) is 7.74. The summed E-state index contributed by atoms with van der Waals surface area (Å²) in [5.41, 5.74) is 1.95. The zero-order valence-corrected chi connectivity index (χ0v) is 7.74. The number of fused-ring (bicyclic) bond motifs is 1. The molecule has 1 aliphatic heterocycles. The van der Waals surface area contributed by atoms with E-state index in [1.807, 2.05) is 6.07 Å². The van der Waals surface area contributed by atoms with Crippen molar-refractivity contribution in [3.05, 3.63) is 24.0 Å². The molecule has 2 heterocycles. The standard InChI is InChI=1S/C10H12N2O.H2/c1-6(2)9-7-3-4-11-5-8(7)12-10(9)13;/h3-6,9H,1-2H3,(H,12,13);1H. The van der Waals surface area contributed by atoms with Crippen LogP contribution >= 0.6 is 0 Å². The fourth-order valence-electron chi connectivity index (χ4n) is 1.79. The Bertz CT molecular complexity index is 352. The Morgan fingerprint density at radius 2 is 2.38 bits per heavy atom. The van der Waals surface area contributed by atoms with E-state index in [9.17, 15) is 4.79 Å². The van der Waals surface area contributed by atoms with E-state index < -0.39 is 0 Å². The van der Waals surface area contributed by atoms with Crippen LogP contribution in [0.2, 0.25) is 0 Å². The maximum absolute atomic E-state index is 11.5. The van der Waals surface area contributed by atoms with Crippen molar-refractivity contribution in [3.8, 4) is 0 Å². The van der Waals surface area contributed by atoms with E-state index in [-0.39, 0.29) is 13.3 Å². The van der Waals surface area contributed by atoms with Gasteiger partial charge in [0.15, 0.2) is 0 Å². The van der Waals surface area contributed by atoms with Gasteiger partial charge in [0.05, 0.1) is 17.8 Å². The van der Waals surface area contributed by atoms with Crippen LogP contribution in [0, 0.1) is 5.92 Å². The number of anilines is 1. The SMILES string of the molecule is CC(C)C1C(=O)Nc2cnccc21.[HH]. The molecule has 1 atom stereocenters. The first-order valence-corrected chi connectivity index (χ1v) is 4.45. The molecule has 3 heteroatoms. The summed E-state index contributed by atoms with van der Waals surface area (Å²) in [4.78, 5) is 15.5. The Morgan fingerprint density at radius 1 is 1.62 bits per heavy atom. The van der Waals surface area contributed by atoms with E-state index >= 15 is 0 Å². The van der Waals surface area contributed by atoms with E-state index in [4.69, 9.17) is 0 Å². The molecule has 0 aliphatic carbocycles. The highest BCUT2D eigenvalue weighted by molar-refractivity contribution is 6.02. The summed E-state index contributed by atoms with van der Waals surface area (Å²) < 4.78 is 0. The quantitative estimate of drug-likeness (QED) is 0.714. The number of pyridine rings is 1. The van der Waals surface area contributed by atoms with Gasteiger partial charge in [-0.05, 0) is 17.5 Å². The molecule has 0 radical (unpaired) electrons. The lowest BCUT2D eigenvalue weighted by Crippen LogP contribution is -2.16. The van der Waals surface area contributed by atoms with Crippen molar-refractivity contribution in [1.82, 2.24) is 4.98 Å². The van der Waals surface area contributed by atoms with Crippen LogP contribution in [0.25, 0.3) is 0 Å². The summed E-state index contributed by atoms with van der Waals surface area (Å²) in [5.74, 6) is 0.430. The molecule has 0 saturated heterocycles. The van der Waals surface area contributed by atoms with Gasteiger partial charge in [-0.2, -0.15) is 0 Å². The van der Waals surface area contributed by atoms with Crippen molar-refractivity contribution in [2.24, 2.45) is 5.92 Å². The number of carbonyl (C=O) groups is 1. The Hall–Kier alpha value is -1.38. The molecule has 1 aromatic heterocycles. The van der Waals surface area contributed by atoms with Crippen LogP contribution in [0.4, 0.5) is 5.69 Å². The topological polar surface area (TPSA) is 42.0 Å². The van der Waals surface area contributed by atoms with Crippen LogP contribution < -0.4 is 5.32 Å². The number of rotatable bonds is 1. The Labute approximate surface area is 78.7 Å². The maximum Gasteiger partial charge on any atom is 0.232 e. The number of carbonyl (C=O) groups excluding carboxylic acids is 1. The largest absolute Gasteiger partial charge is 0.324 e. The van der Waals surface area contributed by atoms with Crippen molar-refractivity contribution >= 4 is 11.6 Å². The second-order valence-electron chi connectivity index (χ2n) is 3.67. The molecule has 1 unspecified atom stereocenters. The summed E-state index contributed by atoms with van der Waals surface area (Å²) in [6, 6.07) is 1.91. The number of hydrogen-bond acceptors (Lipinski definition) is 2. The number of hydrogen-bond donors (Lipinski definition) is 1. The lowest BCUT2D eigenvalue weighted by Gasteiger charge is -2.11. The Morgan fingerprint density at radius 3 is 3.08 bits per heavy atom. The van der Waals surface area contributed by atoms with Gasteiger partial charge in [-0.15, -0.1) is 0 Å². The fraction of sp³-hybridized carbons (Fsp3) is 0.400. The van der Waals surface area contributed by atoms with Crippen molar-refractivity contribution in [1.29, 1.82) is 0 Å². The van der Waals surface area contributed by atoms with Crippen LogP contribution in [-0.4, -0.2) is 10.9 Å². The van der Waals surface area contributed by atoms with Crippen LogP contribution in [0.1, 0.15) is 26.8 Å². The zero-order chi connectivity index (χ0) is 9.42. The van der Waals surface area contributed by atoms with Gasteiger partial charge in [0.2, 0.25) is 5.91 Å². The highest BCUT2D eigenvalue weighted by atomic mass is 16.2. The summed E-state index contributed by atoms with van der Waals surface area (Å²) in [7, 11) is 0. The van der Waals surface area contributed by atoms with Crippen LogP contribution in [-0.2, 0) is 4.79 Å². The van der Waals surface area contributed by atoms with Crippen molar-refractivity contribution < 1.29 is 6.22 Å². The van der Waals surface area contributed by atoms with E-state index in [0.29, 0.717) is 5.92 Å². The highest BCUT2D eigenvalue weighted by Gasteiger charge is 2.32. The molecule has 13 heavy (non-hydrogen) atoms.